The van der Waals surface area contributed by atoms with Crippen LogP contribution in [0.5, 0.6) is 0 Å². The molecule has 0 heterocycles. The first-order valence-corrected chi connectivity index (χ1v) is 13.3. The van der Waals surface area contributed by atoms with E-state index >= 15 is 0 Å². The predicted octanol–water partition coefficient (Wildman–Crippen LogP) is 4.22. The molecule has 0 atom stereocenters. The predicted molar refractivity (Wildman–Crippen MR) is 77.6 cm³/mol. The molecule has 0 fully saturated rings. The number of aliphatic carboxylic acids is 1. The molecule has 0 unspecified atom stereocenters. The first-order chi connectivity index (χ1) is 7.12. The summed E-state index contributed by atoms with van der Waals surface area (Å²) in [5.74, 6) is -0.759. The van der Waals surface area contributed by atoms with Crippen molar-refractivity contribution in [2.24, 2.45) is 0 Å². The molecular weight excluding hydrogens is 410 g/mol. The van der Waals surface area contributed by atoms with Crippen molar-refractivity contribution in [2.75, 3.05) is 4.43 Å². The van der Waals surface area contributed by atoms with Gasteiger partial charge in [0.2, 0.25) is 0 Å². The van der Waals surface area contributed by atoms with Crippen LogP contribution in [0.15, 0.2) is 0 Å². The molecule has 0 rings (SSSR count). The van der Waals surface area contributed by atoms with Crippen LogP contribution in [-0.2, 0) is 4.79 Å². The van der Waals surface area contributed by atoms with E-state index in [0.29, 0.717) is 0 Å². The fraction of sp³-hybridized carbons (Fsp3) is 0.909. The molecule has 1 N–H and O–H groups in total. The average molecular weight is 434 g/mol. The average Bonchev–Trinajstić information content (AvgIpc) is 2.20. The molecule has 15 heavy (non-hydrogen) atoms. The maximum atomic E-state index is 9.36. The number of rotatable bonds is 7. The van der Waals surface area contributed by atoms with Gasteiger partial charge in [-0.2, -0.15) is 0 Å². The van der Waals surface area contributed by atoms with E-state index in [1.165, 1.54) is 19.3 Å². The third kappa shape index (κ3) is 17.6. The van der Waals surface area contributed by atoms with Crippen LogP contribution < -0.4 is 0 Å². The van der Waals surface area contributed by atoms with Crippen LogP contribution in [-0.4, -0.2) is 35.3 Å². The fourth-order valence-corrected chi connectivity index (χ4v) is 9.63. The molecule has 0 saturated carbocycles. The molecule has 0 amide bonds. The number of alkyl halides is 1. The van der Waals surface area contributed by atoms with E-state index in [2.05, 4.69) is 20.8 Å². The number of carboxylic acids is 1. The second-order valence-electron chi connectivity index (χ2n) is 3.53. The van der Waals surface area contributed by atoms with Crippen molar-refractivity contribution in [2.45, 2.75) is 53.3 Å². The second-order valence-corrected chi connectivity index (χ2v) is 12.9. The minimum absolute atomic E-state index is 0.192. The summed E-state index contributed by atoms with van der Waals surface area (Å²) in [5, 5.41) is 7.71. The molecule has 0 aromatic heterocycles. The van der Waals surface area contributed by atoms with Gasteiger partial charge in [-0.15, -0.1) is 0 Å². The molecule has 0 aromatic carbocycles. The minimum atomic E-state index is -0.759. The number of halogens is 1. The van der Waals surface area contributed by atoms with Gasteiger partial charge in [-0.1, -0.05) is 22.6 Å². The van der Waals surface area contributed by atoms with Crippen LogP contribution in [0.1, 0.15) is 40.0 Å². The molecule has 2 nitrogen and oxygen atoms in total. The number of hydrogen-bond donors (Lipinski definition) is 1. The maximum Gasteiger partial charge on any atom is 0.313 e. The molecule has 0 bridgehead atoms. The van der Waals surface area contributed by atoms with E-state index in [1.807, 2.05) is 0 Å². The topological polar surface area (TPSA) is 37.3 Å². The normalized spacial score (nSPS) is 9.67. The molecule has 0 aliphatic rings. The third-order valence-electron chi connectivity index (χ3n) is 1.92. The van der Waals surface area contributed by atoms with Crippen LogP contribution in [0.4, 0.5) is 0 Å². The van der Waals surface area contributed by atoms with Crippen molar-refractivity contribution in [3.05, 3.63) is 0 Å². The van der Waals surface area contributed by atoms with Crippen LogP contribution in [0.3, 0.4) is 0 Å². The largest absolute Gasteiger partial charge is 0.481 e. The van der Waals surface area contributed by atoms with Gasteiger partial charge < -0.3 is 5.11 Å². The Kier molecular flexibility index (Phi) is 18.4. The van der Waals surface area contributed by atoms with Gasteiger partial charge in [0.15, 0.2) is 0 Å². The smallest absolute Gasteiger partial charge is 0.313 e. The van der Waals surface area contributed by atoms with Crippen molar-refractivity contribution in [3.8, 4) is 0 Å². The van der Waals surface area contributed by atoms with Crippen molar-refractivity contribution < 1.29 is 9.90 Å². The van der Waals surface area contributed by atoms with Gasteiger partial charge in [-0.25, -0.2) is 0 Å². The first-order valence-electron chi connectivity index (χ1n) is 5.73. The Morgan fingerprint density at radius 2 is 1.33 bits per heavy atom. The molecule has 0 spiro atoms. The van der Waals surface area contributed by atoms with Crippen LogP contribution in [0.25, 0.3) is 0 Å². The molecule has 1 radical (unpaired) electrons. The van der Waals surface area contributed by atoms with E-state index in [0.717, 1.165) is 0 Å². The standard InChI is InChI=1S/3C3H7.C2H3IO2.Sn/c3*1-3-2;3-1-2(4)5;/h3*1,3H2,2H3;1H2,(H,4,5);. The molecular formula is C11H24IO2Sn. The Hall–Kier alpha value is 0.999. The van der Waals surface area contributed by atoms with E-state index in [1.54, 1.807) is 35.9 Å². The molecule has 0 saturated heterocycles. The SMILES string of the molecule is CC[CH2][Sn]([CH2]CC)[CH2]CC.O=C(O)CI. The summed E-state index contributed by atoms with van der Waals surface area (Å²) in [6.07, 6.45) is 4.36. The number of hydrogen-bond acceptors (Lipinski definition) is 1. The van der Waals surface area contributed by atoms with Gasteiger partial charge in [-0.3, -0.25) is 4.79 Å². The maximum absolute atomic E-state index is 9.36. The van der Waals surface area contributed by atoms with Gasteiger partial charge in [0.1, 0.15) is 0 Å². The summed E-state index contributed by atoms with van der Waals surface area (Å²) in [7, 11) is 0. The van der Waals surface area contributed by atoms with E-state index in [4.69, 9.17) is 5.11 Å². The quantitative estimate of drug-likeness (QED) is 0.371. The molecule has 91 valence electrons. The second kappa shape index (κ2) is 15.0. The van der Waals surface area contributed by atoms with Crippen LogP contribution in [0, 0.1) is 0 Å². The zero-order valence-corrected chi connectivity index (χ0v) is 15.2. The Morgan fingerprint density at radius 1 is 1.07 bits per heavy atom. The Balaban J connectivity index is 0. The summed E-state index contributed by atoms with van der Waals surface area (Å²) in [6, 6.07) is 0. The third-order valence-corrected chi connectivity index (χ3v) is 12.9. The van der Waals surface area contributed by atoms with E-state index < -0.39 is 25.7 Å². The summed E-state index contributed by atoms with van der Waals surface area (Å²) in [4.78, 5) is 9.36. The number of carboxylic acid groups (broad SMARTS) is 1. The molecule has 4 heteroatoms. The molecule has 0 aliphatic carbocycles. The summed E-state index contributed by atoms with van der Waals surface area (Å²) < 4.78 is 5.12. The van der Waals surface area contributed by atoms with Gasteiger partial charge in [0.25, 0.3) is 0 Å². The Labute approximate surface area is 115 Å². The zero-order chi connectivity index (χ0) is 12.1. The fourth-order valence-electron chi connectivity index (χ4n) is 1.44. The first kappa shape index (κ1) is 18.4. The van der Waals surface area contributed by atoms with Gasteiger partial charge >= 0.3 is 79.1 Å². The van der Waals surface area contributed by atoms with Crippen LogP contribution >= 0.6 is 22.6 Å². The monoisotopic (exact) mass is 435 g/mol. The Morgan fingerprint density at radius 3 is 1.47 bits per heavy atom. The Bertz CT molecular complexity index is 128. The molecule has 0 aliphatic heterocycles. The number of carbonyl (C=O) groups is 1. The van der Waals surface area contributed by atoms with Gasteiger partial charge in [-0.05, 0) is 0 Å². The van der Waals surface area contributed by atoms with Crippen LogP contribution in [0.2, 0.25) is 13.3 Å². The van der Waals surface area contributed by atoms with Crippen molar-refractivity contribution in [1.29, 1.82) is 0 Å². The van der Waals surface area contributed by atoms with Crippen molar-refractivity contribution >= 4 is 48.3 Å². The van der Waals surface area contributed by atoms with Gasteiger partial charge in [0, 0.05) is 0 Å². The summed E-state index contributed by atoms with van der Waals surface area (Å²) in [6.45, 7) is 7.02. The van der Waals surface area contributed by atoms with Crippen molar-refractivity contribution in [1.82, 2.24) is 0 Å². The minimum Gasteiger partial charge on any atom is -0.481 e. The summed E-state index contributed by atoms with van der Waals surface area (Å²) >= 11 is 1.02. The van der Waals surface area contributed by atoms with E-state index in [9.17, 15) is 4.79 Å². The molecule has 0 aromatic rings. The zero-order valence-electron chi connectivity index (χ0n) is 10.2. The van der Waals surface area contributed by atoms with Gasteiger partial charge in [0.05, 0.1) is 4.43 Å². The van der Waals surface area contributed by atoms with E-state index in [-0.39, 0.29) is 4.43 Å². The van der Waals surface area contributed by atoms with Crippen molar-refractivity contribution in [3.63, 3.8) is 0 Å². The summed E-state index contributed by atoms with van der Waals surface area (Å²) in [5.41, 5.74) is 0.